The molecular weight excluding hydrogens is 419 g/mol. The number of hydrogen-bond acceptors (Lipinski definition) is 3. The van der Waals surface area contributed by atoms with Crippen LogP contribution < -0.4 is 10.0 Å². The van der Waals surface area contributed by atoms with Crippen molar-refractivity contribution in [3.63, 3.8) is 0 Å². The van der Waals surface area contributed by atoms with Crippen LogP contribution in [0.25, 0.3) is 0 Å². The molecule has 2 aromatic rings. The second-order valence-electron chi connectivity index (χ2n) is 7.07. The molecule has 0 atom stereocenters. The van der Waals surface area contributed by atoms with E-state index < -0.39 is 15.9 Å². The Morgan fingerprint density at radius 3 is 2.43 bits per heavy atom. The first-order valence-electron chi connectivity index (χ1n) is 9.08. The SMILES string of the molecule is Cc1cccc(NC(=O)c2cc(S(=O)(=O)NC3CCCC3)c(Cl)cc2Cl)c1C. The van der Waals surface area contributed by atoms with Gasteiger partial charge < -0.3 is 5.32 Å². The molecule has 150 valence electrons. The fourth-order valence-corrected chi connectivity index (χ4v) is 5.48. The fraction of sp³-hybridized carbons (Fsp3) is 0.350. The van der Waals surface area contributed by atoms with Gasteiger partial charge in [0.25, 0.3) is 5.91 Å². The summed E-state index contributed by atoms with van der Waals surface area (Å²) in [6.07, 6.45) is 3.57. The second kappa shape index (κ2) is 8.41. The number of carbonyl (C=O) groups excluding carboxylic acids is 1. The topological polar surface area (TPSA) is 75.3 Å². The van der Waals surface area contributed by atoms with Crippen molar-refractivity contribution in [2.45, 2.75) is 50.5 Å². The van der Waals surface area contributed by atoms with Crippen molar-refractivity contribution < 1.29 is 13.2 Å². The zero-order valence-corrected chi connectivity index (χ0v) is 18.0. The number of amides is 1. The molecule has 1 aliphatic carbocycles. The van der Waals surface area contributed by atoms with Gasteiger partial charge in [0.1, 0.15) is 4.90 Å². The Bertz CT molecular complexity index is 1020. The molecule has 0 bridgehead atoms. The zero-order chi connectivity index (χ0) is 20.5. The molecule has 0 aliphatic heterocycles. The predicted octanol–water partition coefficient (Wildman–Crippen LogP) is 5.08. The van der Waals surface area contributed by atoms with Gasteiger partial charge in [-0.25, -0.2) is 13.1 Å². The van der Waals surface area contributed by atoms with Crippen molar-refractivity contribution in [2.24, 2.45) is 0 Å². The molecule has 0 unspecified atom stereocenters. The molecule has 3 rings (SSSR count). The maximum atomic E-state index is 12.8. The van der Waals surface area contributed by atoms with Crippen LogP contribution in [0.4, 0.5) is 5.69 Å². The molecule has 1 amide bonds. The fourth-order valence-electron chi connectivity index (χ4n) is 3.31. The Morgan fingerprint density at radius 1 is 1.07 bits per heavy atom. The molecule has 5 nitrogen and oxygen atoms in total. The number of benzene rings is 2. The smallest absolute Gasteiger partial charge is 0.257 e. The van der Waals surface area contributed by atoms with Crippen LogP contribution in [-0.4, -0.2) is 20.4 Å². The Labute approximate surface area is 175 Å². The minimum absolute atomic E-state index is 0.0150. The van der Waals surface area contributed by atoms with E-state index in [9.17, 15) is 13.2 Å². The van der Waals surface area contributed by atoms with E-state index >= 15 is 0 Å². The molecule has 0 aromatic heterocycles. The van der Waals surface area contributed by atoms with Crippen molar-refractivity contribution in [3.05, 3.63) is 57.1 Å². The van der Waals surface area contributed by atoms with Gasteiger partial charge >= 0.3 is 0 Å². The van der Waals surface area contributed by atoms with Gasteiger partial charge in [-0.05, 0) is 56.0 Å². The van der Waals surface area contributed by atoms with E-state index in [2.05, 4.69) is 10.0 Å². The minimum Gasteiger partial charge on any atom is -0.322 e. The number of hydrogen-bond donors (Lipinski definition) is 2. The van der Waals surface area contributed by atoms with Crippen molar-refractivity contribution in [3.8, 4) is 0 Å². The van der Waals surface area contributed by atoms with E-state index in [1.807, 2.05) is 26.0 Å². The minimum atomic E-state index is -3.86. The van der Waals surface area contributed by atoms with E-state index in [1.54, 1.807) is 6.07 Å². The van der Waals surface area contributed by atoms with Gasteiger partial charge in [-0.3, -0.25) is 4.79 Å². The number of anilines is 1. The number of sulfonamides is 1. The lowest BCUT2D eigenvalue weighted by Gasteiger charge is -2.16. The van der Waals surface area contributed by atoms with Crippen LogP contribution in [0.3, 0.4) is 0 Å². The van der Waals surface area contributed by atoms with E-state index in [0.717, 1.165) is 36.8 Å². The van der Waals surface area contributed by atoms with Crippen LogP contribution in [0, 0.1) is 13.8 Å². The number of halogens is 2. The van der Waals surface area contributed by atoms with Crippen LogP contribution in [0.2, 0.25) is 10.0 Å². The number of carbonyl (C=O) groups is 1. The molecule has 0 spiro atoms. The average Bonchev–Trinajstić information content (AvgIpc) is 3.10. The molecule has 2 N–H and O–H groups in total. The lowest BCUT2D eigenvalue weighted by molar-refractivity contribution is 0.102. The largest absolute Gasteiger partial charge is 0.322 e. The molecule has 8 heteroatoms. The van der Waals surface area contributed by atoms with E-state index in [1.165, 1.54) is 12.1 Å². The second-order valence-corrected chi connectivity index (χ2v) is 9.56. The molecule has 1 saturated carbocycles. The summed E-state index contributed by atoms with van der Waals surface area (Å²) in [7, 11) is -3.86. The lowest BCUT2D eigenvalue weighted by Crippen LogP contribution is -2.33. The van der Waals surface area contributed by atoms with Crippen molar-refractivity contribution in [1.82, 2.24) is 4.72 Å². The van der Waals surface area contributed by atoms with Gasteiger partial charge in [0, 0.05) is 11.7 Å². The molecular formula is C20H22Cl2N2O3S. The third-order valence-corrected chi connectivity index (χ3v) is 7.38. The highest BCUT2D eigenvalue weighted by atomic mass is 35.5. The third-order valence-electron chi connectivity index (χ3n) is 5.09. The highest BCUT2D eigenvalue weighted by molar-refractivity contribution is 7.89. The first-order valence-corrected chi connectivity index (χ1v) is 11.3. The number of nitrogens with one attached hydrogen (secondary N) is 2. The molecule has 28 heavy (non-hydrogen) atoms. The Morgan fingerprint density at radius 2 is 1.75 bits per heavy atom. The van der Waals surface area contributed by atoms with Crippen LogP contribution in [-0.2, 0) is 10.0 Å². The molecule has 1 fully saturated rings. The van der Waals surface area contributed by atoms with Crippen LogP contribution in [0.1, 0.15) is 47.2 Å². The third kappa shape index (κ3) is 4.51. The molecule has 2 aromatic carbocycles. The summed E-state index contributed by atoms with van der Waals surface area (Å²) in [6, 6.07) is 7.99. The number of aryl methyl sites for hydroxylation is 1. The maximum absolute atomic E-state index is 12.8. The van der Waals surface area contributed by atoms with E-state index in [-0.39, 0.29) is 26.5 Å². The summed E-state index contributed by atoms with van der Waals surface area (Å²) in [5.74, 6) is -0.493. The summed E-state index contributed by atoms with van der Waals surface area (Å²) in [5, 5.41) is 2.87. The molecule has 0 heterocycles. The first-order chi connectivity index (χ1) is 13.2. The highest BCUT2D eigenvalue weighted by Crippen LogP contribution is 2.31. The Balaban J connectivity index is 1.92. The Hall–Kier alpha value is -1.60. The summed E-state index contributed by atoms with van der Waals surface area (Å²) < 4.78 is 28.2. The van der Waals surface area contributed by atoms with Crippen LogP contribution in [0.5, 0.6) is 0 Å². The predicted molar refractivity (Wildman–Crippen MR) is 113 cm³/mol. The van der Waals surface area contributed by atoms with Crippen LogP contribution >= 0.6 is 23.2 Å². The summed E-state index contributed by atoms with van der Waals surface area (Å²) in [6.45, 7) is 3.84. The lowest BCUT2D eigenvalue weighted by atomic mass is 10.1. The molecule has 1 aliphatic rings. The molecule has 0 saturated heterocycles. The van der Waals surface area contributed by atoms with Gasteiger partial charge in [-0.2, -0.15) is 0 Å². The van der Waals surface area contributed by atoms with Gasteiger partial charge in [0.05, 0.1) is 15.6 Å². The normalized spacial score (nSPS) is 15.0. The quantitative estimate of drug-likeness (QED) is 0.679. The summed E-state index contributed by atoms with van der Waals surface area (Å²) in [4.78, 5) is 12.6. The first kappa shape index (κ1) is 21.1. The van der Waals surface area contributed by atoms with Gasteiger partial charge in [0.15, 0.2) is 0 Å². The van der Waals surface area contributed by atoms with E-state index in [0.29, 0.717) is 5.69 Å². The van der Waals surface area contributed by atoms with Crippen molar-refractivity contribution in [2.75, 3.05) is 5.32 Å². The standard InChI is InChI=1S/C20H22Cl2N2O3S/c1-12-6-5-9-18(13(12)2)23-20(25)15-10-19(17(22)11-16(15)21)28(26,27)24-14-7-3-4-8-14/h5-6,9-11,14,24H,3-4,7-8H2,1-2H3,(H,23,25). The van der Waals surface area contributed by atoms with Gasteiger partial charge in [-0.1, -0.05) is 48.2 Å². The Kier molecular flexibility index (Phi) is 6.34. The van der Waals surface area contributed by atoms with E-state index in [4.69, 9.17) is 23.2 Å². The average molecular weight is 441 g/mol. The van der Waals surface area contributed by atoms with Gasteiger partial charge in [-0.15, -0.1) is 0 Å². The van der Waals surface area contributed by atoms with Crippen molar-refractivity contribution >= 4 is 44.8 Å². The highest BCUT2D eigenvalue weighted by Gasteiger charge is 2.27. The van der Waals surface area contributed by atoms with Crippen molar-refractivity contribution in [1.29, 1.82) is 0 Å². The summed E-state index contributed by atoms with van der Waals surface area (Å²) >= 11 is 12.3. The monoisotopic (exact) mass is 440 g/mol. The maximum Gasteiger partial charge on any atom is 0.257 e. The zero-order valence-electron chi connectivity index (χ0n) is 15.7. The molecule has 0 radical (unpaired) electrons. The summed E-state index contributed by atoms with van der Waals surface area (Å²) in [5.41, 5.74) is 2.66. The van der Waals surface area contributed by atoms with Crippen LogP contribution in [0.15, 0.2) is 35.2 Å². The van der Waals surface area contributed by atoms with Gasteiger partial charge in [0.2, 0.25) is 10.0 Å². The number of rotatable bonds is 5.